The molecular formula is C23H23ClN2O5. The van der Waals surface area contributed by atoms with Crippen molar-refractivity contribution >= 4 is 40.1 Å². The van der Waals surface area contributed by atoms with Crippen LogP contribution in [0.4, 0.5) is 5.69 Å². The summed E-state index contributed by atoms with van der Waals surface area (Å²) in [5.41, 5.74) is 0.370. The quantitative estimate of drug-likeness (QED) is 0.520. The lowest BCUT2D eigenvalue weighted by atomic mass is 10.1. The normalized spacial score (nSPS) is 10.7. The first-order valence-corrected chi connectivity index (χ1v) is 10.2. The summed E-state index contributed by atoms with van der Waals surface area (Å²) in [5, 5.41) is 0.673. The van der Waals surface area contributed by atoms with Gasteiger partial charge in [0, 0.05) is 19.3 Å². The number of halogens is 1. The fourth-order valence-corrected chi connectivity index (χ4v) is 3.62. The van der Waals surface area contributed by atoms with E-state index in [9.17, 15) is 14.4 Å². The number of pyridine rings is 1. The molecule has 0 fully saturated rings. The van der Waals surface area contributed by atoms with Gasteiger partial charge in [0.25, 0.3) is 11.5 Å². The molecule has 1 heterocycles. The first-order valence-electron chi connectivity index (χ1n) is 9.87. The van der Waals surface area contributed by atoms with Crippen LogP contribution in [0.25, 0.3) is 10.9 Å². The van der Waals surface area contributed by atoms with Crippen molar-refractivity contribution in [3.63, 3.8) is 0 Å². The molecular weight excluding hydrogens is 420 g/mol. The average Bonchev–Trinajstić information content (AvgIpc) is 2.76. The van der Waals surface area contributed by atoms with Crippen molar-refractivity contribution < 1.29 is 19.1 Å². The number of benzene rings is 2. The average molecular weight is 443 g/mol. The Morgan fingerprint density at radius 2 is 1.77 bits per heavy atom. The van der Waals surface area contributed by atoms with Crippen molar-refractivity contribution in [2.75, 3.05) is 24.7 Å². The summed E-state index contributed by atoms with van der Waals surface area (Å²) >= 11 is 6.43. The molecule has 0 aliphatic rings. The molecule has 0 bridgehead atoms. The van der Waals surface area contributed by atoms with Crippen molar-refractivity contribution in [3.05, 3.63) is 69.5 Å². The molecule has 0 atom stereocenters. The summed E-state index contributed by atoms with van der Waals surface area (Å²) in [6.07, 6.45) is 0. The van der Waals surface area contributed by atoms with Crippen LogP contribution in [0.5, 0.6) is 5.75 Å². The predicted molar refractivity (Wildman–Crippen MR) is 120 cm³/mol. The molecule has 0 unspecified atom stereocenters. The van der Waals surface area contributed by atoms with E-state index in [2.05, 4.69) is 0 Å². The van der Waals surface area contributed by atoms with Crippen LogP contribution in [0, 0.1) is 0 Å². The Morgan fingerprint density at radius 1 is 1.06 bits per heavy atom. The zero-order valence-electron chi connectivity index (χ0n) is 17.6. The maximum absolute atomic E-state index is 13.6. The number of ether oxygens (including phenoxy) is 2. The van der Waals surface area contributed by atoms with Crippen LogP contribution < -0.4 is 15.2 Å². The molecule has 7 nitrogen and oxygen atoms in total. The maximum atomic E-state index is 13.6. The number of esters is 1. The molecule has 1 amide bonds. The fraction of sp³-hybridized carbons (Fsp3) is 0.261. The number of anilines is 1. The molecule has 3 rings (SSSR count). The third-order valence-electron chi connectivity index (χ3n) is 4.81. The Balaban J connectivity index is 2.23. The van der Waals surface area contributed by atoms with Crippen molar-refractivity contribution in [1.29, 1.82) is 0 Å². The number of rotatable bonds is 7. The topological polar surface area (TPSA) is 77.8 Å². The Hall–Kier alpha value is -3.32. The van der Waals surface area contributed by atoms with Gasteiger partial charge >= 0.3 is 5.97 Å². The molecule has 0 saturated carbocycles. The molecule has 0 saturated heterocycles. The van der Waals surface area contributed by atoms with Crippen LogP contribution >= 0.6 is 11.6 Å². The van der Waals surface area contributed by atoms with Crippen LogP contribution in [-0.4, -0.2) is 36.2 Å². The van der Waals surface area contributed by atoms with Crippen LogP contribution in [0.2, 0.25) is 5.02 Å². The molecule has 162 valence electrons. The van der Waals surface area contributed by atoms with Crippen molar-refractivity contribution in [3.8, 4) is 5.75 Å². The zero-order valence-corrected chi connectivity index (χ0v) is 18.3. The Labute approximate surface area is 184 Å². The van der Waals surface area contributed by atoms with E-state index in [1.165, 1.54) is 9.47 Å². The van der Waals surface area contributed by atoms with E-state index in [1.807, 2.05) is 13.0 Å². The maximum Gasteiger partial charge on any atom is 0.344 e. The van der Waals surface area contributed by atoms with E-state index in [0.717, 1.165) is 0 Å². The van der Waals surface area contributed by atoms with E-state index in [4.69, 9.17) is 21.1 Å². The summed E-state index contributed by atoms with van der Waals surface area (Å²) in [4.78, 5) is 40.2. The van der Waals surface area contributed by atoms with Crippen LogP contribution in [-0.2, 0) is 16.6 Å². The second-order valence-electron chi connectivity index (χ2n) is 6.68. The number of nitrogens with zero attached hydrogens (tertiary/aromatic N) is 2. The van der Waals surface area contributed by atoms with Crippen LogP contribution in [0.1, 0.15) is 24.2 Å². The highest BCUT2D eigenvalue weighted by Crippen LogP contribution is 2.34. The number of carbonyl (C=O) groups excluding carboxylic acids is 2. The second kappa shape index (κ2) is 9.66. The summed E-state index contributed by atoms with van der Waals surface area (Å²) < 4.78 is 12.0. The van der Waals surface area contributed by atoms with Crippen LogP contribution in [0.3, 0.4) is 0 Å². The molecule has 3 aromatic rings. The van der Waals surface area contributed by atoms with E-state index >= 15 is 0 Å². The second-order valence-corrected chi connectivity index (χ2v) is 7.09. The van der Waals surface area contributed by atoms with E-state index < -0.39 is 24.0 Å². The van der Waals surface area contributed by atoms with Gasteiger partial charge in [-0.25, -0.2) is 4.79 Å². The first-order chi connectivity index (χ1) is 14.9. The lowest BCUT2D eigenvalue weighted by Gasteiger charge is -2.23. The van der Waals surface area contributed by atoms with Gasteiger partial charge in [-0.3, -0.25) is 9.59 Å². The molecule has 0 aliphatic heterocycles. The van der Waals surface area contributed by atoms with Gasteiger partial charge in [0.2, 0.25) is 0 Å². The summed E-state index contributed by atoms with van der Waals surface area (Å²) in [5.74, 6) is -1.19. The molecule has 31 heavy (non-hydrogen) atoms. The lowest BCUT2D eigenvalue weighted by Crippen LogP contribution is -2.37. The summed E-state index contributed by atoms with van der Waals surface area (Å²) in [7, 11) is 1.56. The highest BCUT2D eigenvalue weighted by molar-refractivity contribution is 6.36. The third-order valence-corrected chi connectivity index (χ3v) is 5.12. The number of aromatic nitrogens is 1. The van der Waals surface area contributed by atoms with Gasteiger partial charge in [0.15, 0.2) is 6.61 Å². The van der Waals surface area contributed by atoms with Gasteiger partial charge in [0.1, 0.15) is 11.3 Å². The Morgan fingerprint density at radius 3 is 2.42 bits per heavy atom. The monoisotopic (exact) mass is 442 g/mol. The molecule has 8 heteroatoms. The van der Waals surface area contributed by atoms with Gasteiger partial charge < -0.3 is 18.9 Å². The smallest absolute Gasteiger partial charge is 0.344 e. The van der Waals surface area contributed by atoms with Gasteiger partial charge in [-0.1, -0.05) is 35.9 Å². The number of aryl methyl sites for hydroxylation is 1. The van der Waals surface area contributed by atoms with Crippen LogP contribution in [0.15, 0.2) is 53.3 Å². The molecule has 2 aromatic carbocycles. The Kier molecular flexibility index (Phi) is 6.97. The highest BCUT2D eigenvalue weighted by Gasteiger charge is 2.28. The molecule has 0 N–H and O–H groups in total. The van der Waals surface area contributed by atoms with Gasteiger partial charge in [0.05, 0.1) is 22.5 Å². The molecule has 0 aliphatic carbocycles. The number of hydrogen-bond acceptors (Lipinski definition) is 5. The molecule has 1 aromatic heterocycles. The summed E-state index contributed by atoms with van der Waals surface area (Å²) in [6, 6.07) is 14.0. The lowest BCUT2D eigenvalue weighted by molar-refractivity contribution is -0.145. The third kappa shape index (κ3) is 4.41. The predicted octanol–water partition coefficient (Wildman–Crippen LogP) is 3.80. The fourth-order valence-electron chi connectivity index (χ4n) is 3.37. The van der Waals surface area contributed by atoms with E-state index in [1.54, 1.807) is 56.4 Å². The number of carbonyl (C=O) groups is 2. The minimum Gasteiger partial charge on any atom is -0.480 e. The van der Waals surface area contributed by atoms with Gasteiger partial charge in [-0.2, -0.15) is 0 Å². The van der Waals surface area contributed by atoms with E-state index in [0.29, 0.717) is 28.2 Å². The number of fused-ring (bicyclic) bond motifs is 1. The standard InChI is InChI=1S/C23H23ClN2O5/c1-4-26(15-10-7-6-8-11-15)23(29)20-21(31-14-18(27)30-5-2)19-16(24)12-9-13-17(19)25(3)22(20)28/h6-13H,4-5,14H2,1-3H3. The van der Waals surface area contributed by atoms with Crippen molar-refractivity contribution in [1.82, 2.24) is 4.57 Å². The SMILES string of the molecule is CCOC(=O)COc1c(C(=O)N(CC)c2ccccc2)c(=O)n(C)c2cccc(Cl)c12. The Bertz CT molecular complexity index is 1170. The number of hydrogen-bond donors (Lipinski definition) is 0. The number of para-hydroxylation sites is 1. The van der Waals surface area contributed by atoms with E-state index in [-0.39, 0.29) is 17.9 Å². The van der Waals surface area contributed by atoms with Crippen molar-refractivity contribution in [2.24, 2.45) is 7.05 Å². The number of amides is 1. The molecule has 0 radical (unpaired) electrons. The van der Waals surface area contributed by atoms with Crippen molar-refractivity contribution in [2.45, 2.75) is 13.8 Å². The molecule has 0 spiro atoms. The highest BCUT2D eigenvalue weighted by atomic mass is 35.5. The van der Waals surface area contributed by atoms with Gasteiger partial charge in [-0.15, -0.1) is 0 Å². The first kappa shape index (κ1) is 22.4. The minimum atomic E-state index is -0.614. The largest absolute Gasteiger partial charge is 0.480 e. The summed E-state index contributed by atoms with van der Waals surface area (Å²) in [6.45, 7) is 3.53. The van der Waals surface area contributed by atoms with Gasteiger partial charge in [-0.05, 0) is 38.1 Å². The zero-order chi connectivity index (χ0) is 22.5. The minimum absolute atomic E-state index is 0.0314.